The van der Waals surface area contributed by atoms with Crippen LogP contribution in [0.25, 0.3) is 11.1 Å². The fraction of sp³-hybridized carbons (Fsp3) is 0.286. The van der Waals surface area contributed by atoms with Crippen LogP contribution in [0, 0.1) is 0 Å². The molecule has 1 aliphatic rings. The van der Waals surface area contributed by atoms with Crippen LogP contribution in [0.15, 0.2) is 61.2 Å². The number of anilines is 2. The Morgan fingerprint density at radius 3 is 2.54 bits per heavy atom. The summed E-state index contributed by atoms with van der Waals surface area (Å²) < 4.78 is 0. The maximum atomic E-state index is 4.43. The Kier molecular flexibility index (Phi) is 5.05. The van der Waals surface area contributed by atoms with Crippen LogP contribution in [-0.2, 0) is 6.54 Å². The van der Waals surface area contributed by atoms with Gasteiger partial charge in [0.2, 0.25) is 0 Å². The molecule has 0 aliphatic carbocycles. The Morgan fingerprint density at radius 2 is 1.77 bits per heavy atom. The van der Waals surface area contributed by atoms with Crippen molar-refractivity contribution in [1.82, 2.24) is 15.0 Å². The third-order valence-electron chi connectivity index (χ3n) is 4.76. The van der Waals surface area contributed by atoms with Crippen LogP contribution in [0.3, 0.4) is 0 Å². The van der Waals surface area contributed by atoms with E-state index in [1.165, 1.54) is 30.4 Å². The van der Waals surface area contributed by atoms with Crippen LogP contribution in [0.2, 0.25) is 0 Å². The molecule has 3 aromatic rings. The second kappa shape index (κ2) is 7.95. The molecule has 2 aromatic heterocycles. The van der Waals surface area contributed by atoms with Crippen molar-refractivity contribution in [3.8, 4) is 11.1 Å². The summed E-state index contributed by atoms with van der Waals surface area (Å²) >= 11 is 0. The first-order chi connectivity index (χ1) is 12.9. The van der Waals surface area contributed by atoms with E-state index >= 15 is 0 Å². The Hall–Kier alpha value is -2.95. The van der Waals surface area contributed by atoms with E-state index in [-0.39, 0.29) is 0 Å². The summed E-state index contributed by atoms with van der Waals surface area (Å²) in [6, 6.07) is 14.6. The van der Waals surface area contributed by atoms with E-state index in [9.17, 15) is 0 Å². The lowest BCUT2D eigenvalue weighted by atomic mass is 10.1. The van der Waals surface area contributed by atoms with E-state index in [2.05, 4.69) is 61.6 Å². The average molecular weight is 345 g/mol. The number of hydrogen-bond donors (Lipinski definition) is 1. The molecule has 0 amide bonds. The predicted octanol–water partition coefficient (Wildman–Crippen LogP) is 4.14. The Balaban J connectivity index is 1.39. The van der Waals surface area contributed by atoms with Gasteiger partial charge in [-0.1, -0.05) is 30.3 Å². The Bertz CT molecular complexity index is 827. The number of hydrogen-bond acceptors (Lipinski definition) is 5. The molecule has 0 radical (unpaired) electrons. The van der Waals surface area contributed by atoms with Crippen LogP contribution < -0.4 is 10.2 Å². The third-order valence-corrected chi connectivity index (χ3v) is 4.76. The van der Waals surface area contributed by atoms with Crippen molar-refractivity contribution in [1.29, 1.82) is 0 Å². The van der Waals surface area contributed by atoms with Crippen LogP contribution in [0.1, 0.15) is 24.8 Å². The van der Waals surface area contributed by atoms with Gasteiger partial charge in [-0.2, -0.15) is 0 Å². The van der Waals surface area contributed by atoms with Crippen LogP contribution in [-0.4, -0.2) is 28.0 Å². The highest BCUT2D eigenvalue weighted by molar-refractivity contribution is 5.62. The van der Waals surface area contributed by atoms with Crippen molar-refractivity contribution in [3.05, 3.63) is 66.7 Å². The molecule has 1 aliphatic heterocycles. The Labute approximate surface area is 154 Å². The molecule has 1 N–H and O–H groups in total. The van der Waals surface area contributed by atoms with Crippen molar-refractivity contribution in [2.75, 3.05) is 23.3 Å². The lowest BCUT2D eigenvalue weighted by Crippen LogP contribution is -2.30. The minimum atomic E-state index is 0.740. The number of rotatable bonds is 5. The lowest BCUT2D eigenvalue weighted by Gasteiger charge is -2.27. The van der Waals surface area contributed by atoms with Crippen molar-refractivity contribution >= 4 is 11.6 Å². The highest BCUT2D eigenvalue weighted by atomic mass is 15.2. The van der Waals surface area contributed by atoms with Crippen LogP contribution in [0.5, 0.6) is 0 Å². The zero-order valence-corrected chi connectivity index (χ0v) is 14.8. The van der Waals surface area contributed by atoms with E-state index in [0.717, 1.165) is 36.8 Å². The third kappa shape index (κ3) is 3.99. The summed E-state index contributed by atoms with van der Waals surface area (Å²) in [6.07, 6.45) is 9.14. The largest absolute Gasteiger partial charge is 0.366 e. The first-order valence-corrected chi connectivity index (χ1v) is 9.19. The molecule has 4 rings (SSSR count). The van der Waals surface area contributed by atoms with E-state index in [4.69, 9.17) is 0 Å². The van der Waals surface area contributed by atoms with Crippen LogP contribution >= 0.6 is 0 Å². The molecule has 0 saturated carbocycles. The predicted molar refractivity (Wildman–Crippen MR) is 105 cm³/mol. The number of nitrogens with zero attached hydrogens (tertiary/aromatic N) is 4. The number of aromatic nitrogens is 3. The van der Waals surface area contributed by atoms with Gasteiger partial charge in [0.15, 0.2) is 0 Å². The molecule has 0 spiro atoms. The second-order valence-electron chi connectivity index (χ2n) is 6.60. The fourth-order valence-electron chi connectivity index (χ4n) is 3.28. The quantitative estimate of drug-likeness (QED) is 0.753. The number of nitrogens with one attached hydrogen (secondary N) is 1. The summed E-state index contributed by atoms with van der Waals surface area (Å²) in [5, 5.41) is 3.41. The molecule has 1 aromatic carbocycles. The fourth-order valence-corrected chi connectivity index (χ4v) is 3.28. The molecule has 0 bridgehead atoms. The van der Waals surface area contributed by atoms with Gasteiger partial charge in [-0.05, 0) is 42.0 Å². The summed E-state index contributed by atoms with van der Waals surface area (Å²) in [7, 11) is 0. The minimum Gasteiger partial charge on any atom is -0.366 e. The molecular formula is C21H23N5. The zero-order chi connectivity index (χ0) is 17.6. The first-order valence-electron chi connectivity index (χ1n) is 9.19. The molecule has 5 heteroatoms. The topological polar surface area (TPSA) is 53.9 Å². The SMILES string of the molecule is c1cncc(-c2ccc(CNc3cc(N4CCCCC4)ncn3)cc2)c1. The average Bonchev–Trinajstić information content (AvgIpc) is 2.74. The van der Waals surface area contributed by atoms with Gasteiger partial charge < -0.3 is 10.2 Å². The maximum Gasteiger partial charge on any atom is 0.134 e. The molecule has 1 fully saturated rings. The maximum absolute atomic E-state index is 4.43. The monoisotopic (exact) mass is 345 g/mol. The first kappa shape index (κ1) is 16.5. The standard InChI is InChI=1S/C21H23N5/c1-2-11-26(12-3-1)21-13-20(24-16-25-21)23-14-17-6-8-18(9-7-17)19-5-4-10-22-15-19/h4-10,13,15-16H,1-3,11-12,14H2,(H,23,24,25). The molecule has 5 nitrogen and oxygen atoms in total. The van der Waals surface area contributed by atoms with E-state index in [1.807, 2.05) is 12.3 Å². The molecule has 0 unspecified atom stereocenters. The van der Waals surface area contributed by atoms with Crippen LogP contribution in [0.4, 0.5) is 11.6 Å². The Morgan fingerprint density at radius 1 is 0.923 bits per heavy atom. The van der Waals surface area contributed by atoms with Crippen molar-refractivity contribution < 1.29 is 0 Å². The lowest BCUT2D eigenvalue weighted by molar-refractivity contribution is 0.573. The van der Waals surface area contributed by atoms with E-state index in [0.29, 0.717) is 0 Å². The number of pyridine rings is 1. The van der Waals surface area contributed by atoms with Gasteiger partial charge in [0.25, 0.3) is 0 Å². The molecule has 26 heavy (non-hydrogen) atoms. The van der Waals surface area contributed by atoms with Gasteiger partial charge in [-0.3, -0.25) is 4.98 Å². The summed E-state index contributed by atoms with van der Waals surface area (Å²) in [5.41, 5.74) is 3.53. The number of benzene rings is 1. The molecule has 132 valence electrons. The summed E-state index contributed by atoms with van der Waals surface area (Å²) in [6.45, 7) is 2.92. The smallest absolute Gasteiger partial charge is 0.134 e. The molecule has 1 saturated heterocycles. The minimum absolute atomic E-state index is 0.740. The van der Waals surface area contributed by atoms with Gasteiger partial charge in [0.1, 0.15) is 18.0 Å². The summed E-state index contributed by atoms with van der Waals surface area (Å²) in [4.78, 5) is 15.3. The van der Waals surface area contributed by atoms with Crippen molar-refractivity contribution in [2.45, 2.75) is 25.8 Å². The highest BCUT2D eigenvalue weighted by Crippen LogP contribution is 2.21. The van der Waals surface area contributed by atoms with Gasteiger partial charge >= 0.3 is 0 Å². The van der Waals surface area contributed by atoms with Gasteiger partial charge in [-0.25, -0.2) is 9.97 Å². The number of piperidine rings is 1. The molecule has 3 heterocycles. The summed E-state index contributed by atoms with van der Waals surface area (Å²) in [5.74, 6) is 1.89. The molecule has 0 atom stereocenters. The normalized spacial score (nSPS) is 14.2. The van der Waals surface area contributed by atoms with Gasteiger partial charge in [0, 0.05) is 38.1 Å². The van der Waals surface area contributed by atoms with E-state index in [1.54, 1.807) is 12.5 Å². The molecular weight excluding hydrogens is 322 g/mol. The van der Waals surface area contributed by atoms with Gasteiger partial charge in [-0.15, -0.1) is 0 Å². The zero-order valence-electron chi connectivity index (χ0n) is 14.8. The van der Waals surface area contributed by atoms with Crippen molar-refractivity contribution in [3.63, 3.8) is 0 Å². The van der Waals surface area contributed by atoms with Gasteiger partial charge in [0.05, 0.1) is 0 Å². The van der Waals surface area contributed by atoms with E-state index < -0.39 is 0 Å². The van der Waals surface area contributed by atoms with Crippen molar-refractivity contribution in [2.24, 2.45) is 0 Å². The second-order valence-corrected chi connectivity index (χ2v) is 6.60. The highest BCUT2D eigenvalue weighted by Gasteiger charge is 2.12.